The molecule has 216 valence electrons. The summed E-state index contributed by atoms with van der Waals surface area (Å²) in [6, 6.07) is 13.7. The molecule has 1 aromatic heterocycles. The molecule has 1 aliphatic heterocycles. The minimum absolute atomic E-state index is 0.0763. The number of aromatic nitrogens is 1. The average molecular weight is 570 g/mol. The molecule has 1 saturated heterocycles. The van der Waals surface area contributed by atoms with Crippen molar-refractivity contribution in [1.29, 1.82) is 5.26 Å². The molecule has 10 heteroatoms. The molecule has 42 heavy (non-hydrogen) atoms. The quantitative estimate of drug-likeness (QED) is 0.399. The highest BCUT2D eigenvalue weighted by atomic mass is 19.1. The number of pyridine rings is 1. The van der Waals surface area contributed by atoms with Gasteiger partial charge in [-0.1, -0.05) is 24.3 Å². The number of halogens is 1. The van der Waals surface area contributed by atoms with E-state index in [-0.39, 0.29) is 37.2 Å². The van der Waals surface area contributed by atoms with Crippen LogP contribution in [-0.4, -0.2) is 53.8 Å². The Morgan fingerprint density at radius 1 is 1.19 bits per heavy atom. The first-order valence-electron chi connectivity index (χ1n) is 14.0. The summed E-state index contributed by atoms with van der Waals surface area (Å²) >= 11 is 0. The van der Waals surface area contributed by atoms with Crippen LogP contribution in [0.2, 0.25) is 0 Å². The van der Waals surface area contributed by atoms with Crippen LogP contribution < -0.4 is 15.4 Å². The molecule has 3 aromatic rings. The van der Waals surface area contributed by atoms with Crippen molar-refractivity contribution in [2.24, 2.45) is 11.8 Å². The van der Waals surface area contributed by atoms with Gasteiger partial charge in [-0.05, 0) is 79.6 Å². The van der Waals surface area contributed by atoms with Crippen molar-refractivity contribution < 1.29 is 23.5 Å². The lowest BCUT2D eigenvalue weighted by molar-refractivity contribution is -0.138. The lowest BCUT2D eigenvalue weighted by atomic mass is 9.99. The number of benzene rings is 2. The van der Waals surface area contributed by atoms with Crippen molar-refractivity contribution >= 4 is 34.7 Å². The molecular weight excluding hydrogens is 537 g/mol. The molecule has 2 aliphatic rings. The van der Waals surface area contributed by atoms with E-state index in [0.717, 1.165) is 11.1 Å². The minimum Gasteiger partial charge on any atom is -0.497 e. The smallest absolute Gasteiger partial charge is 0.270 e. The highest BCUT2D eigenvalue weighted by Crippen LogP contribution is 2.33. The second-order valence-corrected chi connectivity index (χ2v) is 10.8. The maximum absolute atomic E-state index is 13.5. The molecule has 3 atom stereocenters. The van der Waals surface area contributed by atoms with Crippen molar-refractivity contribution in [3.05, 3.63) is 77.2 Å². The number of allylic oxidation sites excluding steroid dienone is 1. The first-order chi connectivity index (χ1) is 20.2. The Kier molecular flexibility index (Phi) is 8.48. The van der Waals surface area contributed by atoms with E-state index in [4.69, 9.17) is 4.74 Å². The van der Waals surface area contributed by atoms with E-state index in [2.05, 4.69) is 33.8 Å². The molecule has 2 unspecified atom stereocenters. The van der Waals surface area contributed by atoms with E-state index in [0.29, 0.717) is 22.6 Å². The number of nitrogens with zero attached hydrogens (tertiary/aromatic N) is 3. The van der Waals surface area contributed by atoms with Crippen molar-refractivity contribution in [3.63, 3.8) is 0 Å². The molecular formula is C32H32FN5O4. The zero-order chi connectivity index (χ0) is 29.8. The number of nitrogens with one attached hydrogen (secondary N) is 2. The maximum atomic E-state index is 13.5. The highest BCUT2D eigenvalue weighted by Gasteiger charge is 2.40. The Hall–Kier alpha value is -4.78. The van der Waals surface area contributed by atoms with E-state index >= 15 is 0 Å². The van der Waals surface area contributed by atoms with Crippen LogP contribution in [0.15, 0.2) is 54.6 Å². The van der Waals surface area contributed by atoms with Gasteiger partial charge >= 0.3 is 0 Å². The minimum atomic E-state index is -0.848. The Balaban J connectivity index is 1.25. The van der Waals surface area contributed by atoms with Crippen LogP contribution in [0.1, 0.15) is 53.8 Å². The van der Waals surface area contributed by atoms with Gasteiger partial charge in [-0.25, -0.2) is 9.37 Å². The average Bonchev–Trinajstić information content (AvgIpc) is 3.73. The maximum Gasteiger partial charge on any atom is 0.270 e. The fourth-order valence-corrected chi connectivity index (χ4v) is 5.16. The van der Waals surface area contributed by atoms with Crippen LogP contribution >= 0.6 is 0 Å². The van der Waals surface area contributed by atoms with Gasteiger partial charge in [0.2, 0.25) is 11.8 Å². The summed E-state index contributed by atoms with van der Waals surface area (Å²) in [6.45, 7) is 1.60. The van der Waals surface area contributed by atoms with E-state index in [1.54, 1.807) is 13.2 Å². The van der Waals surface area contributed by atoms with E-state index in [1.165, 1.54) is 42.0 Å². The summed E-state index contributed by atoms with van der Waals surface area (Å²) in [6.07, 6.45) is 6.78. The second-order valence-electron chi connectivity index (χ2n) is 10.8. The summed E-state index contributed by atoms with van der Waals surface area (Å²) in [5, 5.41) is 15.7. The molecule has 2 heterocycles. The Bertz CT molecular complexity index is 1600. The number of hydrogen-bond acceptors (Lipinski definition) is 6. The van der Waals surface area contributed by atoms with Gasteiger partial charge < -0.3 is 20.3 Å². The lowest BCUT2D eigenvalue weighted by Crippen LogP contribution is -2.49. The standard InChI is InChI=1S/C32H32FN5O4/c1-19(26-10-9-25(42-2)15-22(26)6-5-20-3-4-20)36-32(41)29-13-21(16-34)18-38(29)30(39)17-35-31(40)28-11-7-23-14-24(33)8-12-27(23)37-28/h5-12,14-15,19-21,29H,3-4,13,17-18H2,1-2H3,(H,35,40)(H,36,41)/b6-5+/t19-,21?,29?/m0/s1. The lowest BCUT2D eigenvalue weighted by Gasteiger charge is -2.26. The highest BCUT2D eigenvalue weighted by molar-refractivity contribution is 5.97. The van der Waals surface area contributed by atoms with Gasteiger partial charge in [0.05, 0.1) is 37.2 Å². The SMILES string of the molecule is COc1ccc([C@H](C)NC(=O)C2CC(C#N)CN2C(=O)CNC(=O)c2ccc3cc(F)ccc3n2)c(/C=C/C2CC2)c1. The molecule has 2 aromatic carbocycles. The number of carbonyl (C=O) groups excluding carboxylic acids is 3. The fourth-order valence-electron chi connectivity index (χ4n) is 5.16. The van der Waals surface area contributed by atoms with Crippen LogP contribution in [-0.2, 0) is 9.59 Å². The number of methoxy groups -OCH3 is 1. The molecule has 9 nitrogen and oxygen atoms in total. The van der Waals surface area contributed by atoms with E-state index < -0.39 is 29.6 Å². The first-order valence-corrected chi connectivity index (χ1v) is 14.0. The Morgan fingerprint density at radius 3 is 2.74 bits per heavy atom. The molecule has 0 radical (unpaired) electrons. The topological polar surface area (TPSA) is 124 Å². The van der Waals surface area contributed by atoms with E-state index in [9.17, 15) is 24.0 Å². The summed E-state index contributed by atoms with van der Waals surface area (Å²) in [5.41, 5.74) is 2.37. The molecule has 2 N–H and O–H groups in total. The zero-order valence-corrected chi connectivity index (χ0v) is 23.5. The monoisotopic (exact) mass is 569 g/mol. The predicted octanol–water partition coefficient (Wildman–Crippen LogP) is 4.15. The third-order valence-corrected chi connectivity index (χ3v) is 7.68. The van der Waals surface area contributed by atoms with Gasteiger partial charge in [0.1, 0.15) is 23.3 Å². The largest absolute Gasteiger partial charge is 0.497 e. The van der Waals surface area contributed by atoms with Gasteiger partial charge in [-0.3, -0.25) is 14.4 Å². The molecule has 2 fully saturated rings. The molecule has 1 aliphatic carbocycles. The third-order valence-electron chi connectivity index (χ3n) is 7.68. The van der Waals surface area contributed by atoms with Gasteiger partial charge in [0, 0.05) is 11.9 Å². The van der Waals surface area contributed by atoms with Gasteiger partial charge in [-0.15, -0.1) is 0 Å². The van der Waals surface area contributed by atoms with Crippen LogP contribution in [0.5, 0.6) is 5.75 Å². The summed E-state index contributed by atoms with van der Waals surface area (Å²) in [5.74, 6) is -1.03. The molecule has 5 rings (SSSR count). The number of ether oxygens (including phenoxy) is 1. The molecule has 1 saturated carbocycles. The normalized spacial score (nSPS) is 19.0. The second kappa shape index (κ2) is 12.4. The molecule has 3 amide bonds. The fraction of sp³-hybridized carbons (Fsp3) is 0.344. The Morgan fingerprint density at radius 2 is 2.00 bits per heavy atom. The summed E-state index contributed by atoms with van der Waals surface area (Å²) in [4.78, 5) is 44.9. The van der Waals surface area contributed by atoms with Crippen LogP contribution in [0.4, 0.5) is 4.39 Å². The number of rotatable bonds is 9. The van der Waals surface area contributed by atoms with Crippen molar-refractivity contribution in [2.45, 2.75) is 38.3 Å². The van der Waals surface area contributed by atoms with Gasteiger partial charge in [0.25, 0.3) is 5.91 Å². The predicted molar refractivity (Wildman–Crippen MR) is 155 cm³/mol. The molecule has 0 bridgehead atoms. The number of amides is 3. The Labute approximate surface area is 243 Å². The van der Waals surface area contributed by atoms with Crippen molar-refractivity contribution in [1.82, 2.24) is 20.5 Å². The van der Waals surface area contributed by atoms with Crippen LogP contribution in [0, 0.1) is 29.0 Å². The number of nitriles is 1. The van der Waals surface area contributed by atoms with Gasteiger partial charge in [0.15, 0.2) is 0 Å². The zero-order valence-electron chi connectivity index (χ0n) is 23.5. The summed E-state index contributed by atoms with van der Waals surface area (Å²) < 4.78 is 18.8. The first kappa shape index (κ1) is 28.7. The third kappa shape index (κ3) is 6.57. The number of likely N-dealkylation sites (tertiary alicyclic amines) is 1. The van der Waals surface area contributed by atoms with Crippen LogP contribution in [0.25, 0.3) is 17.0 Å². The van der Waals surface area contributed by atoms with Gasteiger partial charge in [-0.2, -0.15) is 5.26 Å². The summed E-state index contributed by atoms with van der Waals surface area (Å²) in [7, 11) is 1.61. The molecule has 0 spiro atoms. The number of hydrogen-bond donors (Lipinski definition) is 2. The van der Waals surface area contributed by atoms with Crippen molar-refractivity contribution in [2.75, 3.05) is 20.2 Å². The van der Waals surface area contributed by atoms with E-state index in [1.807, 2.05) is 25.1 Å². The number of fused-ring (bicyclic) bond motifs is 1. The van der Waals surface area contributed by atoms with Crippen LogP contribution in [0.3, 0.4) is 0 Å². The van der Waals surface area contributed by atoms with Crippen molar-refractivity contribution in [3.8, 4) is 11.8 Å². The number of carbonyl (C=O) groups is 3.